The van der Waals surface area contributed by atoms with Crippen LogP contribution in [0.5, 0.6) is 0 Å². The Bertz CT molecular complexity index is 521. The molecule has 0 spiro atoms. The summed E-state index contributed by atoms with van der Waals surface area (Å²) in [6, 6.07) is 0.229. The molecule has 1 aromatic rings. The Morgan fingerprint density at radius 3 is 2.78 bits per heavy atom. The van der Waals surface area contributed by atoms with E-state index in [-0.39, 0.29) is 12.1 Å². The first-order chi connectivity index (χ1) is 10.8. The molecule has 1 fully saturated rings. The van der Waals surface area contributed by atoms with Crippen LogP contribution in [0.25, 0.3) is 0 Å². The van der Waals surface area contributed by atoms with E-state index in [0.717, 1.165) is 32.6 Å². The number of hydrogen-bond acceptors (Lipinski definition) is 4. The number of aryl methyl sites for hydroxylation is 1. The van der Waals surface area contributed by atoms with Gasteiger partial charge >= 0.3 is 6.09 Å². The van der Waals surface area contributed by atoms with Gasteiger partial charge in [-0.25, -0.2) is 4.79 Å². The molecule has 23 heavy (non-hydrogen) atoms. The van der Waals surface area contributed by atoms with Gasteiger partial charge in [-0.1, -0.05) is 6.92 Å². The largest absolute Gasteiger partial charge is 0.444 e. The highest BCUT2D eigenvalue weighted by Crippen LogP contribution is 2.30. The highest BCUT2D eigenvalue weighted by Gasteiger charge is 2.34. The third kappa shape index (κ3) is 4.70. The fourth-order valence-electron chi connectivity index (χ4n) is 3.04. The molecule has 6 heteroatoms. The van der Waals surface area contributed by atoms with Gasteiger partial charge in [-0.15, -0.1) is 0 Å². The van der Waals surface area contributed by atoms with Crippen molar-refractivity contribution in [3.8, 4) is 0 Å². The van der Waals surface area contributed by atoms with Gasteiger partial charge in [0.25, 0.3) is 0 Å². The van der Waals surface area contributed by atoms with E-state index in [1.807, 2.05) is 36.5 Å². The molecule has 2 heterocycles. The summed E-state index contributed by atoms with van der Waals surface area (Å²) in [5, 5.41) is 7.94. The zero-order chi connectivity index (χ0) is 17.0. The molecule has 1 amide bonds. The van der Waals surface area contributed by atoms with Crippen LogP contribution in [0, 0.1) is 5.92 Å². The molecule has 0 saturated carbocycles. The van der Waals surface area contributed by atoms with Crippen molar-refractivity contribution in [3.05, 3.63) is 18.0 Å². The minimum atomic E-state index is -0.446. The molecule has 1 N–H and O–H groups in total. The summed E-state index contributed by atoms with van der Waals surface area (Å²) in [7, 11) is 0. The quantitative estimate of drug-likeness (QED) is 0.905. The summed E-state index contributed by atoms with van der Waals surface area (Å²) in [6.07, 6.45) is 4.81. The van der Waals surface area contributed by atoms with Gasteiger partial charge in [-0.2, -0.15) is 5.10 Å². The molecule has 2 unspecified atom stereocenters. The number of rotatable bonds is 5. The molecule has 1 aromatic heterocycles. The Kier molecular flexibility index (Phi) is 5.68. The standard InChI is InChI=1S/C17H30N4O2/c1-6-18-15(14-10-19-21(7-2)12-14)13-8-9-20(11-13)16(22)23-17(3,4)5/h10,12-13,15,18H,6-9,11H2,1-5H3. The van der Waals surface area contributed by atoms with Crippen molar-refractivity contribution in [2.75, 3.05) is 19.6 Å². The number of nitrogens with zero attached hydrogens (tertiary/aromatic N) is 3. The molecular weight excluding hydrogens is 292 g/mol. The van der Waals surface area contributed by atoms with Gasteiger partial charge in [-0.05, 0) is 46.6 Å². The van der Waals surface area contributed by atoms with Crippen molar-refractivity contribution in [2.45, 2.75) is 59.2 Å². The number of hydrogen-bond donors (Lipinski definition) is 1. The van der Waals surface area contributed by atoms with Crippen molar-refractivity contribution in [3.63, 3.8) is 0 Å². The van der Waals surface area contributed by atoms with Crippen LogP contribution >= 0.6 is 0 Å². The number of carbonyl (C=O) groups is 1. The fraction of sp³-hybridized carbons (Fsp3) is 0.765. The second-order valence-corrected chi connectivity index (χ2v) is 7.14. The van der Waals surface area contributed by atoms with E-state index < -0.39 is 5.60 Å². The molecule has 0 aromatic carbocycles. The van der Waals surface area contributed by atoms with Crippen LogP contribution in [0.2, 0.25) is 0 Å². The van der Waals surface area contributed by atoms with Crippen LogP contribution in [0.1, 0.15) is 52.6 Å². The Balaban J connectivity index is 2.03. The third-order valence-corrected chi connectivity index (χ3v) is 4.11. The van der Waals surface area contributed by atoms with Gasteiger partial charge in [0.1, 0.15) is 5.60 Å². The zero-order valence-electron chi connectivity index (χ0n) is 15.0. The smallest absolute Gasteiger partial charge is 0.410 e. The minimum absolute atomic E-state index is 0.209. The summed E-state index contributed by atoms with van der Waals surface area (Å²) < 4.78 is 7.43. The summed E-state index contributed by atoms with van der Waals surface area (Å²) in [5.41, 5.74) is 0.753. The summed E-state index contributed by atoms with van der Waals surface area (Å²) in [5.74, 6) is 0.386. The second-order valence-electron chi connectivity index (χ2n) is 7.14. The van der Waals surface area contributed by atoms with E-state index in [1.54, 1.807) is 0 Å². The van der Waals surface area contributed by atoms with Gasteiger partial charge in [0.2, 0.25) is 0 Å². The fourth-order valence-corrected chi connectivity index (χ4v) is 3.04. The minimum Gasteiger partial charge on any atom is -0.444 e. The average Bonchev–Trinajstić information content (AvgIpc) is 3.12. The number of nitrogens with one attached hydrogen (secondary N) is 1. The number of amides is 1. The maximum absolute atomic E-state index is 12.2. The first-order valence-electron chi connectivity index (χ1n) is 8.57. The molecule has 0 radical (unpaired) electrons. The van der Waals surface area contributed by atoms with Crippen LogP contribution in [0.4, 0.5) is 4.79 Å². The predicted molar refractivity (Wildman–Crippen MR) is 90.2 cm³/mol. The highest BCUT2D eigenvalue weighted by molar-refractivity contribution is 5.68. The number of likely N-dealkylation sites (tertiary alicyclic amines) is 1. The Morgan fingerprint density at radius 1 is 1.48 bits per heavy atom. The molecule has 1 saturated heterocycles. The van der Waals surface area contributed by atoms with Gasteiger partial charge < -0.3 is 15.0 Å². The van der Waals surface area contributed by atoms with Crippen LogP contribution in [-0.2, 0) is 11.3 Å². The monoisotopic (exact) mass is 322 g/mol. The SMILES string of the molecule is CCNC(c1cnn(CC)c1)C1CCN(C(=O)OC(C)(C)C)C1. The van der Waals surface area contributed by atoms with Crippen molar-refractivity contribution in [1.82, 2.24) is 20.0 Å². The second kappa shape index (κ2) is 7.34. The van der Waals surface area contributed by atoms with E-state index in [2.05, 4.69) is 30.5 Å². The summed E-state index contributed by atoms with van der Waals surface area (Å²) in [6.45, 7) is 13.1. The lowest BCUT2D eigenvalue weighted by atomic mass is 9.94. The highest BCUT2D eigenvalue weighted by atomic mass is 16.6. The lowest BCUT2D eigenvalue weighted by Gasteiger charge is -2.26. The van der Waals surface area contributed by atoms with E-state index in [9.17, 15) is 4.79 Å². The Hall–Kier alpha value is -1.56. The van der Waals surface area contributed by atoms with Gasteiger partial charge in [0, 0.05) is 37.4 Å². The summed E-state index contributed by atoms with van der Waals surface area (Å²) >= 11 is 0. The van der Waals surface area contributed by atoms with E-state index in [0.29, 0.717) is 5.92 Å². The zero-order valence-corrected chi connectivity index (χ0v) is 15.0. The summed E-state index contributed by atoms with van der Waals surface area (Å²) in [4.78, 5) is 14.1. The van der Waals surface area contributed by atoms with Crippen molar-refractivity contribution in [2.24, 2.45) is 5.92 Å². The van der Waals surface area contributed by atoms with Crippen molar-refractivity contribution >= 4 is 6.09 Å². The number of carbonyl (C=O) groups excluding carboxylic acids is 1. The van der Waals surface area contributed by atoms with Gasteiger partial charge in [0.15, 0.2) is 0 Å². The molecular formula is C17H30N4O2. The van der Waals surface area contributed by atoms with E-state index >= 15 is 0 Å². The van der Waals surface area contributed by atoms with Gasteiger partial charge in [0.05, 0.1) is 6.20 Å². The molecule has 2 atom stereocenters. The molecule has 1 aliphatic heterocycles. The van der Waals surface area contributed by atoms with Crippen molar-refractivity contribution in [1.29, 1.82) is 0 Å². The maximum Gasteiger partial charge on any atom is 0.410 e. The normalized spacial score (nSPS) is 19.9. The molecule has 1 aliphatic rings. The van der Waals surface area contributed by atoms with E-state index in [4.69, 9.17) is 4.74 Å². The Morgan fingerprint density at radius 2 is 2.22 bits per heavy atom. The molecule has 0 bridgehead atoms. The molecule has 2 rings (SSSR count). The van der Waals surface area contributed by atoms with Crippen LogP contribution in [0.15, 0.2) is 12.4 Å². The third-order valence-electron chi connectivity index (χ3n) is 4.11. The lowest BCUT2D eigenvalue weighted by Crippen LogP contribution is -2.36. The molecule has 6 nitrogen and oxygen atoms in total. The van der Waals surface area contributed by atoms with Crippen LogP contribution < -0.4 is 5.32 Å². The van der Waals surface area contributed by atoms with E-state index in [1.165, 1.54) is 5.56 Å². The predicted octanol–water partition coefficient (Wildman–Crippen LogP) is 2.81. The maximum atomic E-state index is 12.2. The topological polar surface area (TPSA) is 59.4 Å². The van der Waals surface area contributed by atoms with Crippen LogP contribution in [-0.4, -0.2) is 46.0 Å². The first-order valence-corrected chi connectivity index (χ1v) is 8.57. The molecule has 0 aliphatic carbocycles. The number of ether oxygens (including phenoxy) is 1. The lowest BCUT2D eigenvalue weighted by molar-refractivity contribution is 0.0285. The van der Waals surface area contributed by atoms with Crippen LogP contribution in [0.3, 0.4) is 0 Å². The Labute approximate surface area is 139 Å². The van der Waals surface area contributed by atoms with Crippen molar-refractivity contribution < 1.29 is 9.53 Å². The first kappa shape index (κ1) is 17.8. The van der Waals surface area contributed by atoms with Gasteiger partial charge in [-0.3, -0.25) is 4.68 Å². The molecule has 130 valence electrons. The average molecular weight is 322 g/mol. The number of aromatic nitrogens is 2.